The normalized spacial score (nSPS) is 19.4. The van der Waals surface area contributed by atoms with Gasteiger partial charge in [0.15, 0.2) is 0 Å². The maximum absolute atomic E-state index is 11.9. The first-order valence-corrected chi connectivity index (χ1v) is 7.48. The van der Waals surface area contributed by atoms with E-state index in [1.165, 1.54) is 0 Å². The zero-order valence-corrected chi connectivity index (χ0v) is 12.8. The fourth-order valence-corrected chi connectivity index (χ4v) is 2.40. The number of carbonyl (C=O) groups excluding carboxylic acids is 1. The zero-order valence-electron chi connectivity index (χ0n) is 12.8. The monoisotopic (exact) mass is 296 g/mol. The van der Waals surface area contributed by atoms with E-state index in [9.17, 15) is 4.79 Å². The number of anilines is 3. The summed E-state index contributed by atoms with van der Waals surface area (Å²) in [5, 5.41) is 6.27. The van der Waals surface area contributed by atoms with E-state index in [0.717, 1.165) is 29.2 Å². The molecule has 1 fully saturated rings. The topological polar surface area (TPSA) is 50.4 Å². The second-order valence-corrected chi connectivity index (χ2v) is 5.74. The molecule has 1 saturated carbocycles. The van der Waals surface area contributed by atoms with Gasteiger partial charge in [-0.25, -0.2) is 0 Å². The molecule has 2 N–H and O–H groups in total. The number of benzene rings is 2. The van der Waals surface area contributed by atoms with Gasteiger partial charge in [0, 0.05) is 23.0 Å². The number of carbonyl (C=O) groups is 1. The van der Waals surface area contributed by atoms with Crippen molar-refractivity contribution in [2.75, 3.05) is 17.7 Å². The highest BCUT2D eigenvalue weighted by atomic mass is 16.5. The van der Waals surface area contributed by atoms with Crippen LogP contribution < -0.4 is 15.4 Å². The SMILES string of the molecule is COc1ccc(Nc2ccc(NC(=O)[C@@H]3C[C@H]3C)cc2)cc1. The number of amides is 1. The molecule has 1 aliphatic carbocycles. The standard InChI is InChI=1S/C18H20N2O2/c1-12-11-17(12)18(21)20-15-5-3-13(4-6-15)19-14-7-9-16(22-2)10-8-14/h3-10,12,17,19H,11H2,1-2H3,(H,20,21)/t12-,17-/m1/s1. The van der Waals surface area contributed by atoms with Crippen molar-refractivity contribution in [1.29, 1.82) is 0 Å². The Hall–Kier alpha value is -2.49. The summed E-state index contributed by atoms with van der Waals surface area (Å²) in [7, 11) is 1.65. The largest absolute Gasteiger partial charge is 0.497 e. The molecule has 0 unspecified atom stereocenters. The summed E-state index contributed by atoms with van der Waals surface area (Å²) in [5.74, 6) is 1.68. The van der Waals surface area contributed by atoms with Crippen molar-refractivity contribution >= 4 is 23.0 Å². The minimum atomic E-state index is 0.128. The number of ether oxygens (including phenoxy) is 1. The van der Waals surface area contributed by atoms with Crippen molar-refractivity contribution in [2.45, 2.75) is 13.3 Å². The molecule has 2 aromatic carbocycles. The van der Waals surface area contributed by atoms with Crippen LogP contribution in [-0.4, -0.2) is 13.0 Å². The van der Waals surface area contributed by atoms with Gasteiger partial charge in [-0.15, -0.1) is 0 Å². The third kappa shape index (κ3) is 3.39. The molecular weight excluding hydrogens is 276 g/mol. The highest BCUT2D eigenvalue weighted by Crippen LogP contribution is 2.38. The van der Waals surface area contributed by atoms with Gasteiger partial charge in [0.2, 0.25) is 5.91 Å². The van der Waals surface area contributed by atoms with E-state index in [-0.39, 0.29) is 11.8 Å². The molecule has 0 bridgehead atoms. The van der Waals surface area contributed by atoms with E-state index < -0.39 is 0 Å². The number of nitrogens with one attached hydrogen (secondary N) is 2. The third-order valence-electron chi connectivity index (χ3n) is 3.98. The number of hydrogen-bond donors (Lipinski definition) is 2. The Kier molecular flexibility index (Phi) is 4.00. The van der Waals surface area contributed by atoms with Gasteiger partial charge >= 0.3 is 0 Å². The van der Waals surface area contributed by atoms with Gasteiger partial charge in [-0.05, 0) is 60.9 Å². The summed E-state index contributed by atoms with van der Waals surface area (Å²) in [6.07, 6.45) is 1.00. The second kappa shape index (κ2) is 6.10. The van der Waals surface area contributed by atoms with Crippen molar-refractivity contribution in [2.24, 2.45) is 11.8 Å². The Morgan fingerprint density at radius 2 is 1.50 bits per heavy atom. The second-order valence-electron chi connectivity index (χ2n) is 5.74. The van der Waals surface area contributed by atoms with Crippen molar-refractivity contribution in [1.82, 2.24) is 0 Å². The summed E-state index contributed by atoms with van der Waals surface area (Å²) in [6, 6.07) is 15.5. The Morgan fingerprint density at radius 3 is 2.00 bits per heavy atom. The van der Waals surface area contributed by atoms with Crippen LogP contribution in [0.1, 0.15) is 13.3 Å². The fraction of sp³-hybridized carbons (Fsp3) is 0.278. The van der Waals surface area contributed by atoms with E-state index >= 15 is 0 Å². The Balaban J connectivity index is 1.59. The fourth-order valence-electron chi connectivity index (χ4n) is 2.40. The van der Waals surface area contributed by atoms with Crippen molar-refractivity contribution in [3.63, 3.8) is 0 Å². The average Bonchev–Trinajstić information content (AvgIpc) is 3.27. The molecule has 3 rings (SSSR count). The van der Waals surface area contributed by atoms with Gasteiger partial charge in [0.1, 0.15) is 5.75 Å². The van der Waals surface area contributed by atoms with Crippen molar-refractivity contribution in [3.8, 4) is 5.75 Å². The predicted molar refractivity (Wildman–Crippen MR) is 88.6 cm³/mol. The van der Waals surface area contributed by atoms with E-state index in [0.29, 0.717) is 5.92 Å². The smallest absolute Gasteiger partial charge is 0.227 e. The Bertz CT molecular complexity index is 650. The molecule has 0 aliphatic heterocycles. The molecule has 22 heavy (non-hydrogen) atoms. The predicted octanol–water partition coefficient (Wildman–Crippen LogP) is 4.03. The number of rotatable bonds is 5. The lowest BCUT2D eigenvalue weighted by Crippen LogP contribution is -2.14. The minimum Gasteiger partial charge on any atom is -0.497 e. The third-order valence-corrected chi connectivity index (χ3v) is 3.98. The summed E-state index contributed by atoms with van der Waals surface area (Å²) in [4.78, 5) is 11.9. The van der Waals surface area contributed by atoms with Crippen molar-refractivity contribution < 1.29 is 9.53 Å². The van der Waals surface area contributed by atoms with Crippen LogP contribution in [0.25, 0.3) is 0 Å². The lowest BCUT2D eigenvalue weighted by atomic mass is 10.2. The molecule has 0 aromatic heterocycles. The average molecular weight is 296 g/mol. The van der Waals surface area contributed by atoms with Crippen LogP contribution in [-0.2, 0) is 4.79 Å². The van der Waals surface area contributed by atoms with Crippen LogP contribution in [0.4, 0.5) is 17.1 Å². The summed E-state index contributed by atoms with van der Waals surface area (Å²) >= 11 is 0. The van der Waals surface area contributed by atoms with Crippen LogP contribution >= 0.6 is 0 Å². The molecule has 0 saturated heterocycles. The van der Waals surface area contributed by atoms with Gasteiger partial charge in [-0.2, -0.15) is 0 Å². The van der Waals surface area contributed by atoms with E-state index in [2.05, 4.69) is 17.6 Å². The molecule has 114 valence electrons. The van der Waals surface area contributed by atoms with Gasteiger partial charge < -0.3 is 15.4 Å². The van der Waals surface area contributed by atoms with E-state index in [1.54, 1.807) is 7.11 Å². The molecule has 1 amide bonds. The van der Waals surface area contributed by atoms with Crippen LogP contribution in [0.15, 0.2) is 48.5 Å². The molecule has 4 heteroatoms. The van der Waals surface area contributed by atoms with Gasteiger partial charge in [-0.3, -0.25) is 4.79 Å². The van der Waals surface area contributed by atoms with Gasteiger partial charge in [0.25, 0.3) is 0 Å². The summed E-state index contributed by atoms with van der Waals surface area (Å²) < 4.78 is 5.14. The lowest BCUT2D eigenvalue weighted by molar-refractivity contribution is -0.117. The first kappa shape index (κ1) is 14.4. The lowest BCUT2D eigenvalue weighted by Gasteiger charge is -2.09. The van der Waals surface area contributed by atoms with Crippen LogP contribution in [0.2, 0.25) is 0 Å². The highest BCUT2D eigenvalue weighted by Gasteiger charge is 2.38. The molecule has 0 radical (unpaired) electrons. The molecule has 2 aromatic rings. The first-order valence-electron chi connectivity index (χ1n) is 7.48. The maximum Gasteiger partial charge on any atom is 0.227 e. The number of methoxy groups -OCH3 is 1. The van der Waals surface area contributed by atoms with Crippen LogP contribution in [0.5, 0.6) is 5.75 Å². The molecule has 2 atom stereocenters. The van der Waals surface area contributed by atoms with Crippen molar-refractivity contribution in [3.05, 3.63) is 48.5 Å². The number of hydrogen-bond acceptors (Lipinski definition) is 3. The van der Waals surface area contributed by atoms with Gasteiger partial charge in [0.05, 0.1) is 7.11 Å². The maximum atomic E-state index is 11.9. The first-order chi connectivity index (χ1) is 10.7. The molecular formula is C18H20N2O2. The summed E-state index contributed by atoms with van der Waals surface area (Å²) in [6.45, 7) is 2.10. The molecule has 1 aliphatic rings. The Morgan fingerprint density at radius 1 is 1.00 bits per heavy atom. The molecule has 0 heterocycles. The van der Waals surface area contributed by atoms with Crippen LogP contribution in [0.3, 0.4) is 0 Å². The molecule has 4 nitrogen and oxygen atoms in total. The summed E-state index contributed by atoms with van der Waals surface area (Å²) in [5.41, 5.74) is 2.80. The van der Waals surface area contributed by atoms with E-state index in [1.807, 2.05) is 48.5 Å². The minimum absolute atomic E-state index is 0.128. The quantitative estimate of drug-likeness (QED) is 0.875. The van der Waals surface area contributed by atoms with E-state index in [4.69, 9.17) is 4.74 Å². The van der Waals surface area contributed by atoms with Crippen LogP contribution in [0, 0.1) is 11.8 Å². The van der Waals surface area contributed by atoms with Gasteiger partial charge in [-0.1, -0.05) is 6.92 Å². The molecule has 0 spiro atoms. The zero-order chi connectivity index (χ0) is 15.5. The highest BCUT2D eigenvalue weighted by molar-refractivity contribution is 5.94. The Labute approximate surface area is 130 Å².